The lowest BCUT2D eigenvalue weighted by atomic mass is 10.1. The monoisotopic (exact) mass is 322 g/mol. The minimum Gasteiger partial charge on any atom is -0.395 e. The van der Waals surface area contributed by atoms with E-state index in [-0.39, 0.29) is 23.0 Å². The number of aliphatic hydroxyl groups excluding tert-OH is 2. The second kappa shape index (κ2) is 7.16. The van der Waals surface area contributed by atoms with Crippen molar-refractivity contribution in [2.75, 3.05) is 24.7 Å². The van der Waals surface area contributed by atoms with E-state index in [9.17, 15) is 16.8 Å². The molecule has 20 heavy (non-hydrogen) atoms. The van der Waals surface area contributed by atoms with Gasteiger partial charge in [0.1, 0.15) is 0 Å². The second-order valence-corrected chi connectivity index (χ2v) is 8.77. The lowest BCUT2D eigenvalue weighted by Gasteiger charge is -2.10. The van der Waals surface area contributed by atoms with Gasteiger partial charge >= 0.3 is 0 Å². The highest BCUT2D eigenvalue weighted by Gasteiger charge is 2.17. The maximum absolute atomic E-state index is 11.7. The van der Waals surface area contributed by atoms with Crippen LogP contribution in [0.1, 0.15) is 11.1 Å². The Kier molecular flexibility index (Phi) is 6.12. The Morgan fingerprint density at radius 3 is 1.40 bits per heavy atom. The highest BCUT2D eigenvalue weighted by molar-refractivity contribution is 7.91. The van der Waals surface area contributed by atoms with E-state index in [2.05, 4.69) is 0 Å². The van der Waals surface area contributed by atoms with Crippen LogP contribution in [0.25, 0.3) is 0 Å². The van der Waals surface area contributed by atoms with Gasteiger partial charge in [-0.15, -0.1) is 0 Å². The Hall–Kier alpha value is -0.960. The van der Waals surface area contributed by atoms with Crippen molar-refractivity contribution in [3.8, 4) is 0 Å². The zero-order chi connectivity index (χ0) is 15.2. The third-order valence-electron chi connectivity index (χ3n) is 2.67. The molecule has 0 amide bonds. The van der Waals surface area contributed by atoms with E-state index in [0.29, 0.717) is 11.1 Å². The predicted molar refractivity (Wildman–Crippen MR) is 75.6 cm³/mol. The van der Waals surface area contributed by atoms with Crippen molar-refractivity contribution in [2.45, 2.75) is 11.5 Å². The molecule has 6 nitrogen and oxygen atoms in total. The molecule has 0 saturated carbocycles. The van der Waals surface area contributed by atoms with E-state index < -0.39 is 32.9 Å². The lowest BCUT2D eigenvalue weighted by Crippen LogP contribution is -2.16. The summed E-state index contributed by atoms with van der Waals surface area (Å²) in [5.74, 6) is -1.33. The van der Waals surface area contributed by atoms with Crippen LogP contribution < -0.4 is 0 Å². The van der Waals surface area contributed by atoms with Gasteiger partial charge in [-0.1, -0.05) is 24.3 Å². The SMILES string of the molecule is O=S(=O)(CCO)Cc1ccccc1CS(=O)(=O)CCO. The number of rotatable bonds is 8. The predicted octanol–water partition coefficient (Wildman–Crippen LogP) is -0.499. The Bertz CT molecular complexity index is 577. The summed E-state index contributed by atoms with van der Waals surface area (Å²) in [5.41, 5.74) is 0.810. The molecule has 0 unspecified atom stereocenters. The summed E-state index contributed by atoms with van der Waals surface area (Å²) in [6, 6.07) is 6.37. The van der Waals surface area contributed by atoms with E-state index >= 15 is 0 Å². The number of hydrogen-bond donors (Lipinski definition) is 2. The summed E-state index contributed by atoms with van der Waals surface area (Å²) in [4.78, 5) is 0. The summed E-state index contributed by atoms with van der Waals surface area (Å²) < 4.78 is 46.8. The van der Waals surface area contributed by atoms with E-state index in [1.165, 1.54) is 0 Å². The molecule has 0 aromatic heterocycles. The van der Waals surface area contributed by atoms with Crippen molar-refractivity contribution < 1.29 is 27.0 Å². The Labute approximate surface area is 118 Å². The molecule has 1 aromatic rings. The molecule has 2 N–H and O–H groups in total. The fraction of sp³-hybridized carbons (Fsp3) is 0.500. The fourth-order valence-corrected chi connectivity index (χ4v) is 4.09. The van der Waals surface area contributed by atoms with Gasteiger partial charge in [0.25, 0.3) is 0 Å². The van der Waals surface area contributed by atoms with Gasteiger partial charge in [-0.2, -0.15) is 0 Å². The van der Waals surface area contributed by atoms with Crippen molar-refractivity contribution in [3.63, 3.8) is 0 Å². The van der Waals surface area contributed by atoms with Crippen LogP contribution in [0, 0.1) is 0 Å². The molecule has 0 heterocycles. The average Bonchev–Trinajstić information content (AvgIpc) is 2.30. The summed E-state index contributed by atoms with van der Waals surface area (Å²) in [5, 5.41) is 17.4. The smallest absolute Gasteiger partial charge is 0.156 e. The van der Waals surface area contributed by atoms with Crippen molar-refractivity contribution >= 4 is 19.7 Å². The van der Waals surface area contributed by atoms with Gasteiger partial charge in [0.15, 0.2) is 19.7 Å². The van der Waals surface area contributed by atoms with E-state index in [4.69, 9.17) is 10.2 Å². The average molecular weight is 322 g/mol. The van der Waals surface area contributed by atoms with Crippen LogP contribution in [0.15, 0.2) is 24.3 Å². The molecule has 114 valence electrons. The summed E-state index contributed by atoms with van der Waals surface area (Å²) in [6.07, 6.45) is 0. The molecule has 0 bridgehead atoms. The first-order valence-corrected chi connectivity index (χ1v) is 9.63. The van der Waals surface area contributed by atoms with Crippen LogP contribution in [0.5, 0.6) is 0 Å². The number of benzene rings is 1. The molecule has 0 aliphatic heterocycles. The first-order chi connectivity index (χ1) is 9.29. The molecule has 0 spiro atoms. The largest absolute Gasteiger partial charge is 0.395 e. The molecule has 1 aromatic carbocycles. The Balaban J connectivity index is 3.00. The number of hydrogen-bond acceptors (Lipinski definition) is 6. The normalized spacial score (nSPS) is 12.5. The maximum Gasteiger partial charge on any atom is 0.156 e. The Morgan fingerprint density at radius 2 is 1.10 bits per heavy atom. The summed E-state index contributed by atoms with van der Waals surface area (Å²) in [6.45, 7) is -0.930. The van der Waals surface area contributed by atoms with Gasteiger partial charge in [0, 0.05) is 0 Å². The first kappa shape index (κ1) is 17.1. The molecule has 0 aliphatic rings. The van der Waals surface area contributed by atoms with Crippen LogP contribution in [0.3, 0.4) is 0 Å². The molecule has 0 fully saturated rings. The second-order valence-electron chi connectivity index (χ2n) is 4.40. The summed E-state index contributed by atoms with van der Waals surface area (Å²) >= 11 is 0. The molecule has 0 saturated heterocycles. The van der Waals surface area contributed by atoms with Gasteiger partial charge in [0.2, 0.25) is 0 Å². The van der Waals surface area contributed by atoms with Crippen LogP contribution >= 0.6 is 0 Å². The molecular formula is C12H18O6S2. The summed E-state index contributed by atoms with van der Waals surface area (Å²) in [7, 11) is -6.94. The van der Waals surface area contributed by atoms with Gasteiger partial charge in [0.05, 0.1) is 36.2 Å². The third kappa shape index (κ3) is 5.58. The molecule has 0 radical (unpaired) electrons. The zero-order valence-corrected chi connectivity index (χ0v) is 12.5. The highest BCUT2D eigenvalue weighted by Crippen LogP contribution is 2.16. The van der Waals surface area contributed by atoms with E-state index in [1.54, 1.807) is 24.3 Å². The lowest BCUT2D eigenvalue weighted by molar-refractivity contribution is 0.319. The van der Waals surface area contributed by atoms with Crippen LogP contribution in [-0.4, -0.2) is 51.8 Å². The van der Waals surface area contributed by atoms with Gasteiger partial charge in [-0.3, -0.25) is 0 Å². The molecular weight excluding hydrogens is 304 g/mol. The molecule has 8 heteroatoms. The van der Waals surface area contributed by atoms with Crippen molar-refractivity contribution in [3.05, 3.63) is 35.4 Å². The van der Waals surface area contributed by atoms with Gasteiger partial charge in [-0.25, -0.2) is 16.8 Å². The quantitative estimate of drug-likeness (QED) is 0.668. The molecule has 1 rings (SSSR count). The highest BCUT2D eigenvalue weighted by atomic mass is 32.2. The van der Waals surface area contributed by atoms with Gasteiger partial charge in [-0.05, 0) is 11.1 Å². The maximum atomic E-state index is 11.7. The van der Waals surface area contributed by atoms with Crippen LogP contribution in [0.2, 0.25) is 0 Å². The van der Waals surface area contributed by atoms with Crippen LogP contribution in [0.4, 0.5) is 0 Å². The topological polar surface area (TPSA) is 109 Å². The standard InChI is InChI=1S/C12H18O6S2/c13-5-7-19(15,16)9-11-3-1-2-4-12(11)10-20(17,18)8-6-14/h1-4,13-14H,5-10H2. The fourth-order valence-electron chi connectivity index (χ4n) is 1.74. The van der Waals surface area contributed by atoms with Crippen molar-refractivity contribution in [1.29, 1.82) is 0 Å². The third-order valence-corrected chi connectivity index (χ3v) is 5.78. The van der Waals surface area contributed by atoms with E-state index in [1.807, 2.05) is 0 Å². The van der Waals surface area contributed by atoms with E-state index in [0.717, 1.165) is 0 Å². The Morgan fingerprint density at radius 1 is 0.750 bits per heavy atom. The van der Waals surface area contributed by atoms with Crippen molar-refractivity contribution in [1.82, 2.24) is 0 Å². The zero-order valence-electron chi connectivity index (χ0n) is 10.9. The molecule has 0 aliphatic carbocycles. The minimum atomic E-state index is -3.47. The molecule has 0 atom stereocenters. The number of aliphatic hydroxyl groups is 2. The van der Waals surface area contributed by atoms with Gasteiger partial charge < -0.3 is 10.2 Å². The first-order valence-electron chi connectivity index (χ1n) is 5.99. The van der Waals surface area contributed by atoms with Crippen molar-refractivity contribution in [2.24, 2.45) is 0 Å². The number of sulfone groups is 2. The minimum absolute atomic E-state index is 0.307. The van der Waals surface area contributed by atoms with Crippen LogP contribution in [-0.2, 0) is 31.2 Å².